The highest BCUT2D eigenvalue weighted by molar-refractivity contribution is 8.02. The lowest BCUT2D eigenvalue weighted by Gasteiger charge is -2.12. The molecule has 130 valence electrons. The van der Waals surface area contributed by atoms with Gasteiger partial charge in [0.2, 0.25) is 0 Å². The summed E-state index contributed by atoms with van der Waals surface area (Å²) in [6.07, 6.45) is 5.16. The molecule has 0 aliphatic rings. The molecule has 1 N–H and O–H groups in total. The smallest absolute Gasteiger partial charge is 0.0714 e. The molecule has 2 aromatic carbocycles. The van der Waals surface area contributed by atoms with E-state index in [2.05, 4.69) is 47.2 Å². The second-order valence-electron chi connectivity index (χ2n) is 5.95. The van der Waals surface area contributed by atoms with E-state index in [0.29, 0.717) is 0 Å². The van der Waals surface area contributed by atoms with Crippen LogP contribution in [0, 0.1) is 4.51 Å². The fourth-order valence-corrected chi connectivity index (χ4v) is 5.28. The van der Waals surface area contributed by atoms with Gasteiger partial charge in [0.05, 0.1) is 10.0 Å². The van der Waals surface area contributed by atoms with Crippen molar-refractivity contribution >= 4 is 57.5 Å². The number of fused-ring (bicyclic) bond motifs is 2. The van der Waals surface area contributed by atoms with E-state index in [9.17, 15) is 0 Å². The maximum Gasteiger partial charge on any atom is 0.0714 e. The largest absolute Gasteiger partial charge is 0.360 e. The van der Waals surface area contributed by atoms with Gasteiger partial charge in [-0.15, -0.1) is 11.8 Å². The van der Waals surface area contributed by atoms with E-state index in [0.717, 1.165) is 38.0 Å². The number of para-hydroxylation sites is 2. The van der Waals surface area contributed by atoms with E-state index in [1.807, 2.05) is 42.4 Å². The van der Waals surface area contributed by atoms with Gasteiger partial charge in [-0.1, -0.05) is 67.3 Å². The Balaban J connectivity index is 1.86. The molecule has 0 saturated heterocycles. The van der Waals surface area contributed by atoms with Crippen LogP contribution in [0.25, 0.3) is 21.8 Å². The predicted octanol–water partition coefficient (Wildman–Crippen LogP) is 7.10. The Kier molecular flexibility index (Phi) is 5.29. The van der Waals surface area contributed by atoms with Gasteiger partial charge in [0.1, 0.15) is 0 Å². The van der Waals surface area contributed by atoms with Crippen molar-refractivity contribution in [3.05, 3.63) is 65.4 Å². The first-order valence-electron chi connectivity index (χ1n) is 8.56. The zero-order valence-corrected chi connectivity index (χ0v) is 16.8. The summed E-state index contributed by atoms with van der Waals surface area (Å²) in [5.41, 5.74) is 2.09. The van der Waals surface area contributed by atoms with Crippen molar-refractivity contribution in [2.24, 2.45) is 0 Å². The second kappa shape index (κ2) is 7.82. The Morgan fingerprint density at radius 3 is 2.62 bits per heavy atom. The summed E-state index contributed by atoms with van der Waals surface area (Å²) in [7, 11) is 0. The molecular weight excluding hydrogens is 376 g/mol. The predicted molar refractivity (Wildman–Crippen MR) is 116 cm³/mol. The lowest BCUT2D eigenvalue weighted by Crippen LogP contribution is -1.89. The monoisotopic (exact) mass is 394 g/mol. The van der Waals surface area contributed by atoms with Crippen molar-refractivity contribution in [1.82, 2.24) is 9.97 Å². The molecule has 2 nitrogen and oxygen atoms in total. The topological polar surface area (TPSA) is 28.7 Å². The van der Waals surface area contributed by atoms with Gasteiger partial charge < -0.3 is 4.98 Å². The highest BCUT2D eigenvalue weighted by Gasteiger charge is 2.13. The Labute approximate surface area is 166 Å². The summed E-state index contributed by atoms with van der Waals surface area (Å²) in [6, 6.07) is 16.5. The molecule has 0 radical (unpaired) electrons. The number of aromatic nitrogens is 2. The quantitative estimate of drug-likeness (QED) is 0.289. The number of hydrogen-bond donors (Lipinski definition) is 1. The fraction of sp³-hybridized carbons (Fsp3) is 0.143. The van der Waals surface area contributed by atoms with Gasteiger partial charge in [0.25, 0.3) is 0 Å². The van der Waals surface area contributed by atoms with Gasteiger partial charge >= 0.3 is 0 Å². The molecule has 0 saturated carbocycles. The van der Waals surface area contributed by atoms with Crippen LogP contribution in [0.15, 0.2) is 75.6 Å². The number of rotatable bonds is 5. The number of nitrogens with one attached hydrogen (secondary N) is 1. The molecule has 0 atom stereocenters. The number of aromatic amines is 1. The molecule has 0 bridgehead atoms. The van der Waals surface area contributed by atoms with Gasteiger partial charge in [-0.3, -0.25) is 4.98 Å². The summed E-state index contributed by atoms with van der Waals surface area (Å²) in [5.74, 6) is 1.08. The van der Waals surface area contributed by atoms with Gasteiger partial charge in [0.15, 0.2) is 0 Å². The molecule has 0 fully saturated rings. The SMILES string of the molecule is CCCSc1cnc2ccccc2c1Sc1c[nH]c2ccccc2c1=S. The molecule has 4 aromatic rings. The van der Waals surface area contributed by atoms with Crippen LogP contribution in [0.2, 0.25) is 0 Å². The zero-order valence-electron chi connectivity index (χ0n) is 14.4. The molecule has 0 spiro atoms. The Morgan fingerprint density at radius 2 is 1.77 bits per heavy atom. The van der Waals surface area contributed by atoms with Crippen LogP contribution in [0.4, 0.5) is 0 Å². The van der Waals surface area contributed by atoms with Crippen molar-refractivity contribution in [2.75, 3.05) is 5.75 Å². The Hall–Kier alpha value is -1.82. The van der Waals surface area contributed by atoms with Crippen LogP contribution in [0.5, 0.6) is 0 Å². The van der Waals surface area contributed by atoms with Crippen LogP contribution in [-0.4, -0.2) is 15.7 Å². The van der Waals surface area contributed by atoms with E-state index in [-0.39, 0.29) is 0 Å². The van der Waals surface area contributed by atoms with E-state index in [1.165, 1.54) is 15.2 Å². The summed E-state index contributed by atoms with van der Waals surface area (Å²) in [4.78, 5) is 11.6. The molecule has 5 heteroatoms. The van der Waals surface area contributed by atoms with Crippen LogP contribution < -0.4 is 0 Å². The molecule has 0 amide bonds. The van der Waals surface area contributed by atoms with Crippen molar-refractivity contribution in [1.29, 1.82) is 0 Å². The summed E-state index contributed by atoms with van der Waals surface area (Å²) >= 11 is 9.39. The summed E-state index contributed by atoms with van der Waals surface area (Å²) in [6.45, 7) is 2.20. The minimum absolute atomic E-state index is 0.900. The first-order chi connectivity index (χ1) is 12.8. The van der Waals surface area contributed by atoms with E-state index >= 15 is 0 Å². The van der Waals surface area contributed by atoms with Crippen molar-refractivity contribution in [2.45, 2.75) is 28.0 Å². The number of nitrogens with zero attached hydrogens (tertiary/aromatic N) is 1. The zero-order chi connectivity index (χ0) is 17.9. The van der Waals surface area contributed by atoms with Gasteiger partial charge in [0, 0.05) is 43.4 Å². The van der Waals surface area contributed by atoms with E-state index in [1.54, 1.807) is 11.8 Å². The van der Waals surface area contributed by atoms with Crippen LogP contribution in [0.3, 0.4) is 0 Å². The van der Waals surface area contributed by atoms with E-state index < -0.39 is 0 Å². The van der Waals surface area contributed by atoms with Gasteiger partial charge in [-0.25, -0.2) is 0 Å². The number of pyridine rings is 2. The molecular formula is C21H18N2S3. The molecule has 26 heavy (non-hydrogen) atoms. The maximum absolute atomic E-state index is 5.78. The molecule has 0 aliphatic heterocycles. The normalized spacial score (nSPS) is 11.3. The molecule has 2 aromatic heterocycles. The summed E-state index contributed by atoms with van der Waals surface area (Å²) in [5, 5.41) is 2.27. The molecule has 0 aliphatic carbocycles. The number of hydrogen-bond acceptors (Lipinski definition) is 4. The third-order valence-corrected chi connectivity index (χ3v) is 7.24. The average molecular weight is 395 g/mol. The molecule has 4 rings (SSSR count). The standard InChI is InChI=1S/C21H18N2S3/c1-2-11-25-19-13-23-17-10-6-4-8-15(17)21(19)26-18-12-22-16-9-5-3-7-14(16)20(18)24/h3-10,12-13H,2,11H2,1H3,(H,22,24). The van der Waals surface area contributed by atoms with Crippen molar-refractivity contribution < 1.29 is 0 Å². The van der Waals surface area contributed by atoms with E-state index in [4.69, 9.17) is 12.2 Å². The number of thioether (sulfide) groups is 1. The number of H-pyrrole nitrogens is 1. The fourth-order valence-electron chi connectivity index (χ4n) is 2.85. The second-order valence-corrected chi connectivity index (χ2v) is 8.54. The van der Waals surface area contributed by atoms with Gasteiger partial charge in [-0.2, -0.15) is 0 Å². The molecule has 2 heterocycles. The van der Waals surface area contributed by atoms with Crippen molar-refractivity contribution in [3.63, 3.8) is 0 Å². The van der Waals surface area contributed by atoms with Crippen LogP contribution in [-0.2, 0) is 0 Å². The van der Waals surface area contributed by atoms with Crippen molar-refractivity contribution in [3.8, 4) is 0 Å². The first kappa shape index (κ1) is 17.6. The maximum atomic E-state index is 5.78. The average Bonchev–Trinajstić information content (AvgIpc) is 2.69. The van der Waals surface area contributed by atoms with Gasteiger partial charge in [-0.05, 0) is 24.3 Å². The highest BCUT2D eigenvalue weighted by atomic mass is 32.2. The Bertz CT molecular complexity index is 1130. The molecule has 0 unspecified atom stereocenters. The summed E-state index contributed by atoms with van der Waals surface area (Å²) < 4.78 is 0.900. The third-order valence-electron chi connectivity index (χ3n) is 4.12. The highest BCUT2D eigenvalue weighted by Crippen LogP contribution is 2.41. The van der Waals surface area contributed by atoms with Crippen LogP contribution >= 0.6 is 35.7 Å². The first-order valence-corrected chi connectivity index (χ1v) is 10.8. The lowest BCUT2D eigenvalue weighted by molar-refractivity contribution is 1.10. The minimum Gasteiger partial charge on any atom is -0.360 e. The third kappa shape index (κ3) is 3.39. The number of benzene rings is 2. The lowest BCUT2D eigenvalue weighted by atomic mass is 10.2. The Morgan fingerprint density at radius 1 is 1.00 bits per heavy atom. The van der Waals surface area contributed by atoms with Crippen LogP contribution in [0.1, 0.15) is 13.3 Å². The minimum atomic E-state index is 0.900.